The van der Waals surface area contributed by atoms with Gasteiger partial charge >= 0.3 is 0 Å². The van der Waals surface area contributed by atoms with Crippen molar-refractivity contribution in [2.75, 3.05) is 48.6 Å². The molecule has 46 heavy (non-hydrogen) atoms. The van der Waals surface area contributed by atoms with Crippen LogP contribution in [0.3, 0.4) is 0 Å². The summed E-state index contributed by atoms with van der Waals surface area (Å²) < 4.78 is 32.7. The third-order valence-corrected chi connectivity index (χ3v) is 8.30. The van der Waals surface area contributed by atoms with E-state index < -0.39 is 35.5 Å². The first-order valence-corrected chi connectivity index (χ1v) is 14.7. The maximum atomic E-state index is 13.5. The van der Waals surface area contributed by atoms with E-state index in [0.717, 1.165) is 0 Å². The van der Waals surface area contributed by atoms with Gasteiger partial charge in [-0.1, -0.05) is 0 Å². The van der Waals surface area contributed by atoms with Gasteiger partial charge in [-0.2, -0.15) is 0 Å². The summed E-state index contributed by atoms with van der Waals surface area (Å²) in [6.07, 6.45) is 2.26. The number of nitrogens with zero attached hydrogens (tertiary/aromatic N) is 4. The number of ketones is 2. The van der Waals surface area contributed by atoms with Crippen molar-refractivity contribution in [2.45, 2.75) is 44.7 Å². The molecule has 14 nitrogen and oxygen atoms in total. The van der Waals surface area contributed by atoms with E-state index in [-0.39, 0.29) is 34.4 Å². The van der Waals surface area contributed by atoms with Crippen LogP contribution < -0.4 is 23.7 Å². The Bertz CT molecular complexity index is 1640. The van der Waals surface area contributed by atoms with Crippen LogP contribution in [0.4, 0.5) is 0 Å². The predicted octanol–water partition coefficient (Wildman–Crippen LogP) is 3.51. The molecule has 0 spiro atoms. The molecule has 14 heteroatoms. The van der Waals surface area contributed by atoms with Gasteiger partial charge in [0.25, 0.3) is 23.4 Å². The Morgan fingerprint density at radius 3 is 1.48 bits per heavy atom. The lowest BCUT2D eigenvalue weighted by molar-refractivity contribution is -0.128. The fraction of sp³-hybridized carbons (Fsp3) is 0.438. The molecule has 5 rings (SSSR count). The number of carbonyl (C=O) groups is 4. The third-order valence-electron chi connectivity index (χ3n) is 8.30. The summed E-state index contributed by atoms with van der Waals surface area (Å²) in [6.45, 7) is 2.40. The number of likely N-dealkylation sites (tertiary alicyclic amines) is 2. The van der Waals surface area contributed by atoms with Gasteiger partial charge in [0.2, 0.25) is 17.5 Å². The third kappa shape index (κ3) is 5.82. The molecule has 2 fully saturated rings. The van der Waals surface area contributed by atoms with Gasteiger partial charge in [0.15, 0.2) is 23.0 Å². The molecule has 2 aromatic carbocycles. The number of hydrogen-bond donors (Lipinski definition) is 0. The molecule has 0 radical (unpaired) electrons. The van der Waals surface area contributed by atoms with E-state index >= 15 is 0 Å². The van der Waals surface area contributed by atoms with Crippen LogP contribution in [-0.4, -0.2) is 92.0 Å². The lowest BCUT2D eigenvalue weighted by Gasteiger charge is -2.23. The summed E-state index contributed by atoms with van der Waals surface area (Å²) in [4.78, 5) is 56.4. The van der Waals surface area contributed by atoms with Crippen molar-refractivity contribution >= 4 is 23.4 Å². The normalized spacial score (nSPS) is 17.5. The lowest BCUT2D eigenvalue weighted by atomic mass is 10.0. The molecule has 3 aromatic rings. The predicted molar refractivity (Wildman–Crippen MR) is 161 cm³/mol. The minimum absolute atomic E-state index is 0.0748. The van der Waals surface area contributed by atoms with Gasteiger partial charge < -0.3 is 37.9 Å². The van der Waals surface area contributed by atoms with Gasteiger partial charge in [0, 0.05) is 24.2 Å². The van der Waals surface area contributed by atoms with Crippen molar-refractivity contribution in [3.63, 3.8) is 0 Å². The van der Waals surface area contributed by atoms with Crippen molar-refractivity contribution in [3.8, 4) is 28.7 Å². The van der Waals surface area contributed by atoms with Crippen LogP contribution in [0.15, 0.2) is 28.7 Å². The Balaban J connectivity index is 1.34. The highest BCUT2D eigenvalue weighted by molar-refractivity contribution is 6.43. The number of aromatic nitrogens is 2. The molecule has 2 amide bonds. The molecule has 0 saturated carbocycles. The number of aryl methyl sites for hydroxylation is 1. The second kappa shape index (κ2) is 13.5. The zero-order chi connectivity index (χ0) is 33.1. The number of rotatable bonds is 11. The maximum absolute atomic E-state index is 13.5. The topological polar surface area (TPSA) is 160 Å². The van der Waals surface area contributed by atoms with E-state index in [1.54, 1.807) is 13.0 Å². The van der Waals surface area contributed by atoms with Crippen LogP contribution >= 0.6 is 0 Å². The number of ether oxygens (including phenoxy) is 5. The molecule has 1 unspecified atom stereocenters. The smallest absolute Gasteiger partial charge is 0.295 e. The van der Waals surface area contributed by atoms with Crippen LogP contribution in [0.25, 0.3) is 0 Å². The molecule has 2 saturated heterocycles. The van der Waals surface area contributed by atoms with E-state index in [2.05, 4.69) is 10.2 Å². The summed E-state index contributed by atoms with van der Waals surface area (Å²) in [5.41, 5.74) is 0.900. The summed E-state index contributed by atoms with van der Waals surface area (Å²) in [7, 11) is 7.24. The lowest BCUT2D eigenvalue weighted by Crippen LogP contribution is -2.36. The van der Waals surface area contributed by atoms with Gasteiger partial charge in [-0.15, -0.1) is 10.2 Å². The quantitative estimate of drug-likeness (QED) is 0.223. The molecular formula is C32H36N4O10. The molecule has 2 aliphatic rings. The molecule has 0 bridgehead atoms. The Hall–Kier alpha value is -5.14. The number of amides is 2. The first-order chi connectivity index (χ1) is 22.2. The van der Waals surface area contributed by atoms with Crippen LogP contribution in [0.1, 0.15) is 75.8 Å². The molecule has 2 aliphatic heterocycles. The standard InChI is InChI=1S/C32H36N4O10/c1-17-13-18(14-22(41-2)27(17)44-5)25(37)31(39)35-11-7-9-20(35)29-33-34-30(46-29)21-10-8-12-36(21)32(40)26(38)19-15-23(42-3)28(45-6)24(16-19)43-4/h13-16,20-21H,7-12H2,1-6H3/t20?,21-/m0/s1. The SMILES string of the molecule is COc1cc(C(=O)C(=O)N2CCCC2c2nnc([C@@H]3CCCN3C(=O)C(=O)c3cc(OC)c(OC)c(OC)c3)o2)cc(C)c1OC. The monoisotopic (exact) mass is 636 g/mol. The number of carbonyl (C=O) groups excluding carboxylic acids is 4. The number of hydrogen-bond acceptors (Lipinski definition) is 12. The molecule has 0 aliphatic carbocycles. The summed E-state index contributed by atoms with van der Waals surface area (Å²) >= 11 is 0. The largest absolute Gasteiger partial charge is 0.493 e. The minimum Gasteiger partial charge on any atom is -0.493 e. The Morgan fingerprint density at radius 2 is 1.07 bits per heavy atom. The van der Waals surface area contributed by atoms with Crippen LogP contribution in [0.5, 0.6) is 28.7 Å². The molecule has 3 heterocycles. The van der Waals surface area contributed by atoms with Crippen molar-refractivity contribution in [1.82, 2.24) is 20.0 Å². The fourth-order valence-electron chi connectivity index (χ4n) is 6.05. The molecule has 2 atom stereocenters. The summed E-state index contributed by atoms with van der Waals surface area (Å²) in [6, 6.07) is 4.66. The highest BCUT2D eigenvalue weighted by Gasteiger charge is 2.41. The Morgan fingerprint density at radius 1 is 0.652 bits per heavy atom. The summed E-state index contributed by atoms with van der Waals surface area (Å²) in [5, 5.41) is 8.41. The number of Topliss-reactive ketones (excluding diaryl/α,β-unsaturated/α-hetero) is 2. The van der Waals surface area contributed by atoms with Crippen LogP contribution in [0.2, 0.25) is 0 Å². The van der Waals surface area contributed by atoms with Crippen LogP contribution in [0, 0.1) is 6.92 Å². The van der Waals surface area contributed by atoms with Crippen molar-refractivity contribution in [2.24, 2.45) is 0 Å². The number of benzene rings is 2. The van der Waals surface area contributed by atoms with Gasteiger partial charge in [-0.25, -0.2) is 0 Å². The Kier molecular flexibility index (Phi) is 9.44. The van der Waals surface area contributed by atoms with Crippen molar-refractivity contribution in [3.05, 3.63) is 52.7 Å². The average Bonchev–Trinajstić information content (AvgIpc) is 3.86. The van der Waals surface area contributed by atoms with Crippen molar-refractivity contribution < 1.29 is 47.3 Å². The van der Waals surface area contributed by atoms with Gasteiger partial charge in [0.05, 0.1) is 35.5 Å². The first-order valence-electron chi connectivity index (χ1n) is 14.7. The van der Waals surface area contributed by atoms with Crippen molar-refractivity contribution in [1.29, 1.82) is 0 Å². The van der Waals surface area contributed by atoms with Crippen LogP contribution in [-0.2, 0) is 9.59 Å². The summed E-state index contributed by atoms with van der Waals surface area (Å²) in [5.74, 6) is -0.992. The minimum atomic E-state index is -0.762. The van der Waals surface area contributed by atoms with E-state index in [9.17, 15) is 19.2 Å². The second-order valence-corrected chi connectivity index (χ2v) is 10.9. The second-order valence-electron chi connectivity index (χ2n) is 10.9. The van der Waals surface area contributed by atoms with Gasteiger partial charge in [-0.3, -0.25) is 19.2 Å². The van der Waals surface area contributed by atoms with Gasteiger partial charge in [-0.05, 0) is 62.4 Å². The molecule has 0 N–H and O–H groups in total. The van der Waals surface area contributed by atoms with E-state index in [0.29, 0.717) is 61.6 Å². The van der Waals surface area contributed by atoms with E-state index in [1.165, 1.54) is 63.5 Å². The zero-order valence-corrected chi connectivity index (χ0v) is 26.6. The highest BCUT2D eigenvalue weighted by Crippen LogP contribution is 2.40. The molecule has 244 valence electrons. The first kappa shape index (κ1) is 32.3. The van der Waals surface area contributed by atoms with Gasteiger partial charge in [0.1, 0.15) is 12.1 Å². The highest BCUT2D eigenvalue weighted by atomic mass is 16.5. The maximum Gasteiger partial charge on any atom is 0.295 e. The van der Waals surface area contributed by atoms with E-state index in [4.69, 9.17) is 28.1 Å². The Labute approximate surface area is 265 Å². The average molecular weight is 637 g/mol. The molecular weight excluding hydrogens is 600 g/mol. The number of methoxy groups -OCH3 is 5. The van der Waals surface area contributed by atoms with E-state index in [1.807, 2.05) is 0 Å². The molecule has 1 aromatic heterocycles. The zero-order valence-electron chi connectivity index (χ0n) is 26.6. The fourth-order valence-corrected chi connectivity index (χ4v) is 6.05.